The van der Waals surface area contributed by atoms with E-state index in [1.165, 1.54) is 0 Å². The Morgan fingerprint density at radius 1 is 1.35 bits per heavy atom. The Bertz CT molecular complexity index is 490. The first-order chi connectivity index (χ1) is 9.40. The summed E-state index contributed by atoms with van der Waals surface area (Å²) in [5.74, 6) is -0.760. The number of aryl methyl sites for hydroxylation is 1. The third-order valence-corrected chi connectivity index (χ3v) is 3.83. The molecule has 4 heteroatoms. The highest BCUT2D eigenvalue weighted by Gasteiger charge is 2.29. The predicted octanol–water partition coefficient (Wildman–Crippen LogP) is 2.58. The summed E-state index contributed by atoms with van der Waals surface area (Å²) >= 11 is 0. The molecular weight excluding hydrogens is 254 g/mol. The Labute approximate surface area is 120 Å². The third-order valence-electron chi connectivity index (χ3n) is 3.83. The lowest BCUT2D eigenvalue weighted by molar-refractivity contribution is -0.138. The molecule has 0 aromatic heterocycles. The van der Waals surface area contributed by atoms with Gasteiger partial charge in [0.2, 0.25) is 0 Å². The third kappa shape index (κ3) is 3.31. The zero-order chi connectivity index (χ0) is 14.8. The van der Waals surface area contributed by atoms with Gasteiger partial charge in [0.05, 0.1) is 19.6 Å². The molecular formula is C16H23NO3. The largest absolute Gasteiger partial charge is 0.481 e. The van der Waals surface area contributed by atoms with Gasteiger partial charge in [0.25, 0.3) is 0 Å². The van der Waals surface area contributed by atoms with Crippen LogP contribution >= 0.6 is 0 Å². The van der Waals surface area contributed by atoms with Crippen molar-refractivity contribution in [2.75, 3.05) is 31.2 Å². The average molecular weight is 277 g/mol. The van der Waals surface area contributed by atoms with E-state index in [-0.39, 0.29) is 11.8 Å². The molecule has 0 radical (unpaired) electrons. The molecule has 1 aliphatic heterocycles. The molecule has 2 rings (SSSR count). The summed E-state index contributed by atoms with van der Waals surface area (Å²) in [4.78, 5) is 13.4. The van der Waals surface area contributed by atoms with Crippen LogP contribution in [0.2, 0.25) is 0 Å². The van der Waals surface area contributed by atoms with Crippen LogP contribution in [0.5, 0.6) is 0 Å². The Kier molecular flexibility index (Phi) is 4.33. The molecule has 0 bridgehead atoms. The molecule has 0 aliphatic carbocycles. The topological polar surface area (TPSA) is 49.8 Å². The Hall–Kier alpha value is -1.55. The van der Waals surface area contributed by atoms with Crippen LogP contribution in [-0.2, 0) is 14.9 Å². The first kappa shape index (κ1) is 14.9. The number of carboxylic acid groups (broad SMARTS) is 1. The van der Waals surface area contributed by atoms with Crippen molar-refractivity contribution in [1.82, 2.24) is 0 Å². The second-order valence-corrected chi connectivity index (χ2v) is 6.07. The zero-order valence-corrected chi connectivity index (χ0v) is 12.5. The van der Waals surface area contributed by atoms with Crippen LogP contribution in [0, 0.1) is 6.92 Å². The van der Waals surface area contributed by atoms with E-state index in [1.54, 1.807) is 0 Å². The van der Waals surface area contributed by atoms with Gasteiger partial charge in [-0.25, -0.2) is 0 Å². The van der Waals surface area contributed by atoms with Crippen molar-refractivity contribution in [3.63, 3.8) is 0 Å². The minimum absolute atomic E-state index is 0.133. The van der Waals surface area contributed by atoms with Gasteiger partial charge in [-0.2, -0.15) is 0 Å². The first-order valence-electron chi connectivity index (χ1n) is 7.06. The second kappa shape index (κ2) is 5.83. The van der Waals surface area contributed by atoms with E-state index in [0.29, 0.717) is 0 Å². The molecule has 1 saturated heterocycles. The van der Waals surface area contributed by atoms with Gasteiger partial charge >= 0.3 is 5.97 Å². The van der Waals surface area contributed by atoms with Crippen LogP contribution in [0.1, 0.15) is 31.4 Å². The summed E-state index contributed by atoms with van der Waals surface area (Å²) in [5, 5.41) is 9.15. The van der Waals surface area contributed by atoms with Crippen LogP contribution in [-0.4, -0.2) is 37.4 Å². The van der Waals surface area contributed by atoms with Gasteiger partial charge in [0.1, 0.15) is 0 Å². The van der Waals surface area contributed by atoms with E-state index in [2.05, 4.69) is 23.1 Å². The van der Waals surface area contributed by atoms with Gasteiger partial charge in [0.15, 0.2) is 0 Å². The molecule has 1 aromatic carbocycles. The fourth-order valence-corrected chi connectivity index (χ4v) is 2.75. The van der Waals surface area contributed by atoms with Gasteiger partial charge in [0, 0.05) is 24.2 Å². The fourth-order valence-electron chi connectivity index (χ4n) is 2.75. The molecule has 20 heavy (non-hydrogen) atoms. The Morgan fingerprint density at radius 2 is 2.00 bits per heavy atom. The highest BCUT2D eigenvalue weighted by atomic mass is 16.5. The maximum Gasteiger partial charge on any atom is 0.304 e. The molecule has 0 atom stereocenters. The minimum Gasteiger partial charge on any atom is -0.481 e. The highest BCUT2D eigenvalue weighted by Crippen LogP contribution is 2.36. The summed E-state index contributed by atoms with van der Waals surface area (Å²) in [6.45, 7) is 9.22. The number of aliphatic carboxylic acids is 1. The number of carbonyl (C=O) groups is 1. The highest BCUT2D eigenvalue weighted by molar-refractivity contribution is 5.70. The van der Waals surface area contributed by atoms with Gasteiger partial charge in [-0.3, -0.25) is 4.79 Å². The summed E-state index contributed by atoms with van der Waals surface area (Å²) in [7, 11) is 0. The summed E-state index contributed by atoms with van der Waals surface area (Å²) in [6, 6.07) is 6.32. The van der Waals surface area contributed by atoms with Crippen LogP contribution < -0.4 is 4.90 Å². The number of rotatable bonds is 4. The number of morpholine rings is 1. The molecule has 1 fully saturated rings. The predicted molar refractivity (Wildman–Crippen MR) is 79.5 cm³/mol. The van der Waals surface area contributed by atoms with Crippen LogP contribution in [0.15, 0.2) is 18.2 Å². The van der Waals surface area contributed by atoms with Crippen LogP contribution in [0.3, 0.4) is 0 Å². The number of carboxylic acids is 1. The van der Waals surface area contributed by atoms with Crippen molar-refractivity contribution in [2.45, 2.75) is 32.6 Å². The molecule has 1 N–H and O–H groups in total. The number of hydrogen-bond acceptors (Lipinski definition) is 3. The number of nitrogens with zero attached hydrogens (tertiary/aromatic N) is 1. The lowest BCUT2D eigenvalue weighted by atomic mass is 9.79. The van der Waals surface area contributed by atoms with Gasteiger partial charge < -0.3 is 14.7 Å². The maximum absolute atomic E-state index is 11.1. The van der Waals surface area contributed by atoms with E-state index in [9.17, 15) is 4.79 Å². The SMILES string of the molecule is Cc1ccc(N2CCOCC2)c(C(C)(C)CC(=O)O)c1. The fraction of sp³-hybridized carbons (Fsp3) is 0.562. The minimum atomic E-state index is -0.760. The number of anilines is 1. The molecule has 0 saturated carbocycles. The van der Waals surface area contributed by atoms with Crippen molar-refractivity contribution >= 4 is 11.7 Å². The lowest BCUT2D eigenvalue weighted by Crippen LogP contribution is -2.38. The monoisotopic (exact) mass is 277 g/mol. The van der Waals surface area contributed by atoms with Crippen molar-refractivity contribution in [2.24, 2.45) is 0 Å². The molecule has 0 spiro atoms. The molecule has 0 unspecified atom stereocenters. The van der Waals surface area contributed by atoms with Crippen LogP contribution in [0.25, 0.3) is 0 Å². The molecule has 1 heterocycles. The van der Waals surface area contributed by atoms with Crippen molar-refractivity contribution < 1.29 is 14.6 Å². The number of ether oxygens (including phenoxy) is 1. The van der Waals surface area contributed by atoms with E-state index in [4.69, 9.17) is 9.84 Å². The standard InChI is InChI=1S/C16H23NO3/c1-12-4-5-14(17-6-8-20-9-7-17)13(10-12)16(2,3)11-15(18)19/h4-5,10H,6-9,11H2,1-3H3,(H,18,19). The average Bonchev–Trinajstić information content (AvgIpc) is 2.38. The molecule has 0 amide bonds. The van der Waals surface area contributed by atoms with Crippen molar-refractivity contribution in [1.29, 1.82) is 0 Å². The quantitative estimate of drug-likeness (QED) is 0.919. The molecule has 4 nitrogen and oxygen atoms in total. The van der Waals surface area contributed by atoms with Gasteiger partial charge in [-0.1, -0.05) is 31.5 Å². The van der Waals surface area contributed by atoms with Crippen LogP contribution in [0.4, 0.5) is 5.69 Å². The Morgan fingerprint density at radius 3 is 2.60 bits per heavy atom. The maximum atomic E-state index is 11.1. The van der Waals surface area contributed by atoms with E-state index >= 15 is 0 Å². The normalized spacial score (nSPS) is 16.2. The number of benzene rings is 1. The molecule has 1 aliphatic rings. The zero-order valence-electron chi connectivity index (χ0n) is 12.5. The smallest absolute Gasteiger partial charge is 0.304 e. The van der Waals surface area contributed by atoms with Gasteiger partial charge in [-0.05, 0) is 18.6 Å². The summed E-state index contributed by atoms with van der Waals surface area (Å²) < 4.78 is 5.40. The van der Waals surface area contributed by atoms with E-state index in [1.807, 2.05) is 20.8 Å². The molecule has 1 aromatic rings. The van der Waals surface area contributed by atoms with E-state index in [0.717, 1.165) is 43.1 Å². The molecule has 110 valence electrons. The van der Waals surface area contributed by atoms with E-state index < -0.39 is 5.97 Å². The first-order valence-corrected chi connectivity index (χ1v) is 7.06. The Balaban J connectivity index is 2.39. The summed E-state index contributed by atoms with van der Waals surface area (Å²) in [6.07, 6.45) is 0.133. The van der Waals surface area contributed by atoms with Crippen molar-refractivity contribution in [3.05, 3.63) is 29.3 Å². The van der Waals surface area contributed by atoms with Crippen molar-refractivity contribution in [3.8, 4) is 0 Å². The lowest BCUT2D eigenvalue weighted by Gasteiger charge is -2.35. The van der Waals surface area contributed by atoms with Gasteiger partial charge in [-0.15, -0.1) is 0 Å². The summed E-state index contributed by atoms with van der Waals surface area (Å²) in [5.41, 5.74) is 3.04. The number of hydrogen-bond donors (Lipinski definition) is 1. The second-order valence-electron chi connectivity index (χ2n) is 6.07.